The summed E-state index contributed by atoms with van der Waals surface area (Å²) in [4.78, 5) is 32.6. The Kier molecular flexibility index (Phi) is 4.86. The molecule has 0 radical (unpaired) electrons. The number of primary amides is 1. The van der Waals surface area contributed by atoms with Crippen LogP contribution in [0.4, 0.5) is 0 Å². The van der Waals surface area contributed by atoms with Gasteiger partial charge in [0.15, 0.2) is 0 Å². The van der Waals surface area contributed by atoms with E-state index in [4.69, 9.17) is 5.73 Å². The first kappa shape index (κ1) is 12.9. The van der Waals surface area contributed by atoms with E-state index >= 15 is 0 Å². The van der Waals surface area contributed by atoms with E-state index < -0.39 is 0 Å². The summed E-state index contributed by atoms with van der Waals surface area (Å²) in [5.41, 5.74) is 4.76. The molecule has 0 aliphatic carbocycles. The fourth-order valence-electron chi connectivity index (χ4n) is 1.19. The summed E-state index contributed by atoms with van der Waals surface area (Å²) < 4.78 is 0. The van der Waals surface area contributed by atoms with Gasteiger partial charge in [-0.2, -0.15) is 5.10 Å². The Balaban J connectivity index is 2.28. The second-order valence-corrected chi connectivity index (χ2v) is 3.49. The number of unbranched alkanes of at least 4 members (excludes halogenated alkanes) is 1. The number of nitrogens with zero attached hydrogens (tertiary/aromatic N) is 1. The van der Waals surface area contributed by atoms with E-state index in [2.05, 4.69) is 15.5 Å². The van der Waals surface area contributed by atoms with Gasteiger partial charge in [0.05, 0.1) is 0 Å². The zero-order chi connectivity index (χ0) is 12.7. The van der Waals surface area contributed by atoms with Gasteiger partial charge in [0.1, 0.15) is 5.69 Å². The van der Waals surface area contributed by atoms with Crippen molar-refractivity contribution in [2.75, 3.05) is 6.54 Å². The van der Waals surface area contributed by atoms with Crippen LogP contribution in [0.5, 0.6) is 0 Å². The van der Waals surface area contributed by atoms with Crippen molar-refractivity contribution in [3.8, 4) is 0 Å². The van der Waals surface area contributed by atoms with E-state index in [1.807, 2.05) is 0 Å². The molecule has 0 aliphatic heterocycles. The van der Waals surface area contributed by atoms with Crippen LogP contribution in [0.2, 0.25) is 0 Å². The molecule has 4 N–H and O–H groups in total. The third-order valence-corrected chi connectivity index (χ3v) is 2.05. The number of hydrogen-bond donors (Lipinski definition) is 3. The number of aromatic amines is 1. The molecular formula is C10H14N4O3. The molecule has 1 heterocycles. The maximum Gasteiger partial charge on any atom is 0.271 e. The van der Waals surface area contributed by atoms with Crippen molar-refractivity contribution in [1.29, 1.82) is 0 Å². The molecule has 1 aromatic rings. The third kappa shape index (κ3) is 4.92. The minimum atomic E-state index is -0.361. The normalized spacial score (nSPS) is 9.88. The Hall–Kier alpha value is -2.18. The summed E-state index contributed by atoms with van der Waals surface area (Å²) in [7, 11) is 0. The first-order valence-corrected chi connectivity index (χ1v) is 5.22. The van der Waals surface area contributed by atoms with Gasteiger partial charge in [-0.25, -0.2) is 5.10 Å². The highest BCUT2D eigenvalue weighted by Crippen LogP contribution is 1.94. The summed E-state index contributed by atoms with van der Waals surface area (Å²) in [5, 5.41) is 8.37. The number of aromatic nitrogens is 2. The second-order valence-electron chi connectivity index (χ2n) is 3.49. The fourth-order valence-corrected chi connectivity index (χ4v) is 1.19. The molecule has 7 nitrogen and oxygen atoms in total. The number of hydrogen-bond acceptors (Lipinski definition) is 4. The van der Waals surface area contributed by atoms with E-state index in [0.29, 0.717) is 25.8 Å². The molecular weight excluding hydrogens is 224 g/mol. The Labute approximate surface area is 97.4 Å². The van der Waals surface area contributed by atoms with E-state index in [1.165, 1.54) is 12.1 Å². The van der Waals surface area contributed by atoms with E-state index in [-0.39, 0.29) is 23.1 Å². The predicted molar refractivity (Wildman–Crippen MR) is 60.2 cm³/mol. The summed E-state index contributed by atoms with van der Waals surface area (Å²) in [6.07, 6.45) is 1.61. The van der Waals surface area contributed by atoms with Gasteiger partial charge in [0.2, 0.25) is 5.91 Å². The van der Waals surface area contributed by atoms with Crippen molar-refractivity contribution in [2.45, 2.75) is 19.3 Å². The molecule has 0 aliphatic rings. The minimum Gasteiger partial charge on any atom is -0.370 e. The van der Waals surface area contributed by atoms with Crippen LogP contribution >= 0.6 is 0 Å². The largest absolute Gasteiger partial charge is 0.370 e. The van der Waals surface area contributed by atoms with Crippen molar-refractivity contribution in [3.05, 3.63) is 28.2 Å². The molecule has 0 saturated heterocycles. The van der Waals surface area contributed by atoms with Crippen LogP contribution in [-0.2, 0) is 4.79 Å². The van der Waals surface area contributed by atoms with Crippen LogP contribution in [0.3, 0.4) is 0 Å². The topological polar surface area (TPSA) is 118 Å². The van der Waals surface area contributed by atoms with Crippen LogP contribution in [0.15, 0.2) is 16.9 Å². The zero-order valence-corrected chi connectivity index (χ0v) is 9.23. The van der Waals surface area contributed by atoms with Crippen molar-refractivity contribution in [3.63, 3.8) is 0 Å². The Morgan fingerprint density at radius 2 is 2.12 bits per heavy atom. The quantitative estimate of drug-likeness (QED) is 0.559. The fraction of sp³-hybridized carbons (Fsp3) is 0.400. The number of H-pyrrole nitrogens is 1. The summed E-state index contributed by atoms with van der Waals surface area (Å²) in [5.74, 6) is -0.709. The van der Waals surface area contributed by atoms with Crippen molar-refractivity contribution >= 4 is 11.8 Å². The Morgan fingerprint density at radius 3 is 2.71 bits per heavy atom. The number of carbonyl (C=O) groups is 2. The molecule has 7 heteroatoms. The molecule has 2 amide bonds. The van der Waals surface area contributed by atoms with Crippen LogP contribution < -0.4 is 16.6 Å². The van der Waals surface area contributed by atoms with Crippen molar-refractivity contribution in [1.82, 2.24) is 15.5 Å². The molecule has 0 spiro atoms. The summed E-state index contributed by atoms with van der Waals surface area (Å²) in [6.45, 7) is 0.437. The number of nitrogens with one attached hydrogen (secondary N) is 2. The first-order chi connectivity index (χ1) is 8.09. The number of amides is 2. The lowest BCUT2D eigenvalue weighted by Crippen LogP contribution is -2.26. The average molecular weight is 238 g/mol. The highest BCUT2D eigenvalue weighted by atomic mass is 16.2. The highest BCUT2D eigenvalue weighted by Gasteiger charge is 2.05. The number of nitrogens with two attached hydrogens (primary N) is 1. The SMILES string of the molecule is NC(=O)CCCCNC(=O)c1ccc(=O)[nH]n1. The van der Waals surface area contributed by atoms with Crippen LogP contribution in [-0.4, -0.2) is 28.6 Å². The first-order valence-electron chi connectivity index (χ1n) is 5.22. The molecule has 0 fully saturated rings. The standard InChI is InChI=1S/C10H14N4O3/c11-8(15)3-1-2-6-12-10(17)7-4-5-9(16)14-13-7/h4-5H,1-3,6H2,(H2,11,15)(H,12,17)(H,14,16). The van der Waals surface area contributed by atoms with Gasteiger partial charge in [0, 0.05) is 19.0 Å². The predicted octanol–water partition coefficient (Wildman–Crippen LogP) is -0.845. The smallest absolute Gasteiger partial charge is 0.271 e. The molecule has 1 aromatic heterocycles. The van der Waals surface area contributed by atoms with Crippen LogP contribution in [0, 0.1) is 0 Å². The van der Waals surface area contributed by atoms with Gasteiger partial charge in [-0.3, -0.25) is 14.4 Å². The average Bonchev–Trinajstić information content (AvgIpc) is 2.29. The number of carbonyl (C=O) groups excluding carboxylic acids is 2. The van der Waals surface area contributed by atoms with E-state index in [9.17, 15) is 14.4 Å². The lowest BCUT2D eigenvalue weighted by atomic mass is 10.2. The molecule has 17 heavy (non-hydrogen) atoms. The Bertz CT molecular complexity index is 435. The molecule has 1 rings (SSSR count). The molecule has 0 saturated carbocycles. The molecule has 92 valence electrons. The highest BCUT2D eigenvalue weighted by molar-refractivity contribution is 5.91. The van der Waals surface area contributed by atoms with Gasteiger partial charge in [-0.05, 0) is 18.9 Å². The van der Waals surface area contributed by atoms with Gasteiger partial charge < -0.3 is 11.1 Å². The summed E-state index contributed by atoms with van der Waals surface area (Å²) in [6, 6.07) is 2.58. The van der Waals surface area contributed by atoms with E-state index in [1.54, 1.807) is 0 Å². The second kappa shape index (κ2) is 6.41. The van der Waals surface area contributed by atoms with Crippen molar-refractivity contribution in [2.24, 2.45) is 5.73 Å². The van der Waals surface area contributed by atoms with Gasteiger partial charge in [-0.15, -0.1) is 0 Å². The van der Waals surface area contributed by atoms with Gasteiger partial charge in [0.25, 0.3) is 11.5 Å². The number of rotatable bonds is 6. The van der Waals surface area contributed by atoms with Gasteiger partial charge >= 0.3 is 0 Å². The van der Waals surface area contributed by atoms with Crippen LogP contribution in [0.1, 0.15) is 29.8 Å². The molecule has 0 unspecified atom stereocenters. The lowest BCUT2D eigenvalue weighted by molar-refractivity contribution is -0.118. The maximum absolute atomic E-state index is 11.5. The maximum atomic E-state index is 11.5. The van der Waals surface area contributed by atoms with Crippen LogP contribution in [0.25, 0.3) is 0 Å². The minimum absolute atomic E-state index is 0.152. The molecule has 0 aromatic carbocycles. The van der Waals surface area contributed by atoms with Crippen molar-refractivity contribution < 1.29 is 9.59 Å². The monoisotopic (exact) mass is 238 g/mol. The molecule has 0 bridgehead atoms. The Morgan fingerprint density at radius 1 is 1.35 bits per heavy atom. The zero-order valence-electron chi connectivity index (χ0n) is 9.23. The van der Waals surface area contributed by atoms with Gasteiger partial charge in [-0.1, -0.05) is 0 Å². The third-order valence-electron chi connectivity index (χ3n) is 2.05. The summed E-state index contributed by atoms with van der Waals surface area (Å²) >= 11 is 0. The lowest BCUT2D eigenvalue weighted by Gasteiger charge is -2.03. The molecule has 0 atom stereocenters. The van der Waals surface area contributed by atoms with E-state index in [0.717, 1.165) is 0 Å².